The van der Waals surface area contributed by atoms with E-state index in [-0.39, 0.29) is 36.9 Å². The molecule has 0 aromatic heterocycles. The summed E-state index contributed by atoms with van der Waals surface area (Å²) in [4.78, 5) is 39.3. The van der Waals surface area contributed by atoms with Crippen molar-refractivity contribution in [2.75, 3.05) is 7.11 Å². The maximum absolute atomic E-state index is 13.3. The van der Waals surface area contributed by atoms with Crippen LogP contribution in [0.3, 0.4) is 0 Å². The van der Waals surface area contributed by atoms with Gasteiger partial charge in [-0.05, 0) is 18.1 Å². The average Bonchev–Trinajstić information content (AvgIpc) is 2.79. The summed E-state index contributed by atoms with van der Waals surface area (Å²) < 4.78 is 4.85. The fourth-order valence-electron chi connectivity index (χ4n) is 3.26. The number of hydrogen-bond donors (Lipinski definition) is 0. The zero-order valence-electron chi connectivity index (χ0n) is 17.2. The lowest BCUT2D eigenvalue weighted by Crippen LogP contribution is -2.48. The van der Waals surface area contributed by atoms with E-state index in [1.165, 1.54) is 17.0 Å². The molecule has 0 N–H and O–H groups in total. The van der Waals surface area contributed by atoms with Crippen LogP contribution < -0.4 is 0 Å². The first kappa shape index (κ1) is 21.2. The number of rotatable bonds is 7. The van der Waals surface area contributed by atoms with Gasteiger partial charge in [-0.3, -0.25) is 9.59 Å². The molecule has 1 atom stereocenters. The molecule has 3 rings (SSSR count). The lowest BCUT2D eigenvalue weighted by Gasteiger charge is -2.30. The van der Waals surface area contributed by atoms with Crippen LogP contribution in [0, 0.1) is 0 Å². The lowest BCUT2D eigenvalue weighted by molar-refractivity contribution is -0.150. The van der Waals surface area contributed by atoms with Crippen molar-refractivity contribution in [2.24, 2.45) is 5.10 Å². The highest BCUT2D eigenvalue weighted by atomic mass is 16.5. The normalized spacial score (nSPS) is 14.7. The van der Waals surface area contributed by atoms with Gasteiger partial charge in [0.15, 0.2) is 0 Å². The van der Waals surface area contributed by atoms with Crippen LogP contribution in [-0.4, -0.2) is 46.6 Å². The van der Waals surface area contributed by atoms with E-state index in [0.29, 0.717) is 6.54 Å². The van der Waals surface area contributed by atoms with Crippen molar-refractivity contribution in [3.8, 4) is 0 Å². The van der Waals surface area contributed by atoms with E-state index >= 15 is 0 Å². The van der Waals surface area contributed by atoms with E-state index in [4.69, 9.17) is 4.74 Å². The Kier molecular flexibility index (Phi) is 6.95. The zero-order valence-corrected chi connectivity index (χ0v) is 17.2. The Balaban J connectivity index is 1.85. The van der Waals surface area contributed by atoms with Crippen LogP contribution in [0.2, 0.25) is 0 Å². The van der Waals surface area contributed by atoms with Gasteiger partial charge in [-0.15, -0.1) is 0 Å². The third-order valence-electron chi connectivity index (χ3n) is 4.99. The van der Waals surface area contributed by atoms with Crippen molar-refractivity contribution < 1.29 is 19.1 Å². The minimum Gasteiger partial charge on any atom is -0.467 e. The van der Waals surface area contributed by atoms with E-state index in [9.17, 15) is 14.4 Å². The van der Waals surface area contributed by atoms with Gasteiger partial charge in [0, 0.05) is 19.4 Å². The Morgan fingerprint density at radius 1 is 1.03 bits per heavy atom. The van der Waals surface area contributed by atoms with Gasteiger partial charge in [0.25, 0.3) is 5.91 Å². The van der Waals surface area contributed by atoms with E-state index < -0.39 is 12.0 Å². The fourth-order valence-corrected chi connectivity index (χ4v) is 3.26. The molecule has 2 amide bonds. The molecule has 7 nitrogen and oxygen atoms in total. The third-order valence-corrected chi connectivity index (χ3v) is 4.99. The molecule has 7 heteroatoms. The summed E-state index contributed by atoms with van der Waals surface area (Å²) in [6.45, 7) is 2.16. The molecule has 30 heavy (non-hydrogen) atoms. The fraction of sp³-hybridized carbons (Fsp3) is 0.304. The quantitative estimate of drug-likeness (QED) is 0.661. The van der Waals surface area contributed by atoms with Crippen LogP contribution in [0.1, 0.15) is 30.9 Å². The molecule has 2 aromatic carbocycles. The summed E-state index contributed by atoms with van der Waals surface area (Å²) in [5.74, 6) is -1.01. The van der Waals surface area contributed by atoms with Crippen molar-refractivity contribution >= 4 is 23.5 Å². The molecule has 156 valence electrons. The molecular formula is C23H25N3O4. The minimum absolute atomic E-state index is 0.133. The number of carbonyl (C=O) groups is 3. The Bertz CT molecular complexity index is 928. The first-order valence-electron chi connectivity index (χ1n) is 9.84. The van der Waals surface area contributed by atoms with Crippen LogP contribution in [0.4, 0.5) is 0 Å². The molecule has 0 spiro atoms. The SMILES string of the molecule is COC(=O)[C@H](C)N(Cc1ccccc1)C(=O)C1=NN(Cc2ccccc2)C(=O)CC1. The zero-order chi connectivity index (χ0) is 21.5. The first-order chi connectivity index (χ1) is 14.5. The van der Waals surface area contributed by atoms with Crippen molar-refractivity contribution in [3.05, 3.63) is 71.8 Å². The van der Waals surface area contributed by atoms with Crippen LogP contribution in [-0.2, 0) is 32.2 Å². The standard InChI is InChI=1S/C23H25N3O4/c1-17(23(29)30-2)25(15-18-9-5-3-6-10-18)22(28)20-13-14-21(27)26(24-20)16-19-11-7-4-8-12-19/h3-12,17H,13-16H2,1-2H3/t17-/m0/s1. The Morgan fingerprint density at radius 2 is 1.63 bits per heavy atom. The van der Waals surface area contributed by atoms with Crippen LogP contribution in [0.15, 0.2) is 65.8 Å². The molecule has 2 aromatic rings. The number of methoxy groups -OCH3 is 1. The van der Waals surface area contributed by atoms with Crippen molar-refractivity contribution in [1.29, 1.82) is 0 Å². The molecule has 0 saturated carbocycles. The molecule has 1 heterocycles. The number of hydrogen-bond acceptors (Lipinski definition) is 5. The number of hydrazone groups is 1. The summed E-state index contributed by atoms with van der Waals surface area (Å²) in [5, 5.41) is 5.67. The predicted octanol–water partition coefficient (Wildman–Crippen LogP) is 2.76. The Hall–Kier alpha value is -3.48. The lowest BCUT2D eigenvalue weighted by atomic mass is 10.1. The number of carbonyl (C=O) groups excluding carboxylic acids is 3. The molecule has 0 radical (unpaired) electrons. The second kappa shape index (κ2) is 9.82. The van der Waals surface area contributed by atoms with E-state index in [1.807, 2.05) is 60.7 Å². The highest BCUT2D eigenvalue weighted by molar-refractivity contribution is 6.39. The molecule has 0 aliphatic carbocycles. The maximum Gasteiger partial charge on any atom is 0.328 e. The predicted molar refractivity (Wildman–Crippen MR) is 112 cm³/mol. The smallest absolute Gasteiger partial charge is 0.328 e. The molecule has 1 aliphatic rings. The van der Waals surface area contributed by atoms with Crippen LogP contribution >= 0.6 is 0 Å². The van der Waals surface area contributed by atoms with Gasteiger partial charge in [-0.1, -0.05) is 60.7 Å². The highest BCUT2D eigenvalue weighted by Gasteiger charge is 2.32. The third kappa shape index (κ3) is 5.11. The highest BCUT2D eigenvalue weighted by Crippen LogP contribution is 2.17. The van der Waals surface area contributed by atoms with Gasteiger partial charge in [-0.25, -0.2) is 9.80 Å². The second-order valence-electron chi connectivity index (χ2n) is 7.10. The maximum atomic E-state index is 13.3. The number of ether oxygens (including phenoxy) is 1. The molecule has 0 saturated heterocycles. The van der Waals surface area contributed by atoms with Gasteiger partial charge < -0.3 is 9.64 Å². The molecule has 0 fully saturated rings. The summed E-state index contributed by atoms with van der Waals surface area (Å²) in [6.07, 6.45) is 0.436. The summed E-state index contributed by atoms with van der Waals surface area (Å²) in [5.41, 5.74) is 2.07. The van der Waals surface area contributed by atoms with Gasteiger partial charge in [0.1, 0.15) is 11.8 Å². The monoisotopic (exact) mass is 407 g/mol. The average molecular weight is 407 g/mol. The second-order valence-corrected chi connectivity index (χ2v) is 7.10. The first-order valence-corrected chi connectivity index (χ1v) is 9.84. The number of nitrogens with zero attached hydrogens (tertiary/aromatic N) is 3. The van der Waals surface area contributed by atoms with Gasteiger partial charge in [0.05, 0.1) is 13.7 Å². The van der Waals surface area contributed by atoms with Gasteiger partial charge in [-0.2, -0.15) is 5.10 Å². The number of esters is 1. The largest absolute Gasteiger partial charge is 0.467 e. The number of benzene rings is 2. The molecule has 0 unspecified atom stereocenters. The number of amides is 2. The molecular weight excluding hydrogens is 382 g/mol. The summed E-state index contributed by atoms with van der Waals surface area (Å²) >= 11 is 0. The Morgan fingerprint density at radius 3 is 2.23 bits per heavy atom. The minimum atomic E-state index is -0.786. The van der Waals surface area contributed by atoms with Crippen molar-refractivity contribution in [2.45, 2.75) is 38.9 Å². The van der Waals surface area contributed by atoms with Gasteiger partial charge in [0.2, 0.25) is 5.91 Å². The topological polar surface area (TPSA) is 79.3 Å². The van der Waals surface area contributed by atoms with Crippen molar-refractivity contribution in [3.63, 3.8) is 0 Å². The van der Waals surface area contributed by atoms with E-state index in [2.05, 4.69) is 5.10 Å². The van der Waals surface area contributed by atoms with Crippen molar-refractivity contribution in [1.82, 2.24) is 9.91 Å². The summed E-state index contributed by atoms with van der Waals surface area (Å²) in [6, 6.07) is 18.1. The molecule has 0 bridgehead atoms. The molecule has 1 aliphatic heterocycles. The van der Waals surface area contributed by atoms with Gasteiger partial charge >= 0.3 is 5.97 Å². The van der Waals surface area contributed by atoms with E-state index in [0.717, 1.165) is 11.1 Å². The summed E-state index contributed by atoms with van der Waals surface area (Å²) in [7, 11) is 1.29. The van der Waals surface area contributed by atoms with Crippen LogP contribution in [0.5, 0.6) is 0 Å². The van der Waals surface area contributed by atoms with E-state index in [1.54, 1.807) is 6.92 Å². The van der Waals surface area contributed by atoms with Crippen LogP contribution in [0.25, 0.3) is 0 Å². The Labute approximate surface area is 175 Å².